The third kappa shape index (κ3) is 3.35. The van der Waals surface area contributed by atoms with Crippen LogP contribution in [0.15, 0.2) is 0 Å². The summed E-state index contributed by atoms with van der Waals surface area (Å²) < 4.78 is 20.2. The van der Waals surface area contributed by atoms with Crippen molar-refractivity contribution in [3.05, 3.63) is 0 Å². The average Bonchev–Trinajstić information content (AvgIpc) is 3.15. The van der Waals surface area contributed by atoms with E-state index in [9.17, 15) is 4.79 Å². The highest BCUT2D eigenvalue weighted by Gasteiger charge is 2.82. The van der Waals surface area contributed by atoms with E-state index in [2.05, 4.69) is 30.9 Å². The largest absolute Gasteiger partial charge is 0.441 e. The number of nitrogens with zero attached hydrogens (tertiary/aromatic N) is 1. The van der Waals surface area contributed by atoms with Crippen LogP contribution in [0.2, 0.25) is 0 Å². The lowest BCUT2D eigenvalue weighted by Gasteiger charge is -2.70. The molecule has 4 saturated carbocycles. The van der Waals surface area contributed by atoms with Gasteiger partial charge in [-0.25, -0.2) is 0 Å². The first-order valence-corrected chi connectivity index (χ1v) is 14.6. The summed E-state index contributed by atoms with van der Waals surface area (Å²) in [5.74, 6) is 4.95. The van der Waals surface area contributed by atoms with Gasteiger partial charge in [0.05, 0.1) is 5.60 Å². The molecule has 2 aliphatic heterocycles. The zero-order valence-corrected chi connectivity index (χ0v) is 22.2. The number of ketones is 1. The van der Waals surface area contributed by atoms with Gasteiger partial charge in [0.25, 0.3) is 0 Å². The monoisotopic (exact) mass is 483 g/mol. The Morgan fingerprint density at radius 3 is 2.77 bits per heavy atom. The minimum absolute atomic E-state index is 0.0477. The summed E-state index contributed by atoms with van der Waals surface area (Å²) in [7, 11) is 2.29. The molecule has 2 bridgehead atoms. The molecule has 6 rings (SSSR count). The van der Waals surface area contributed by atoms with E-state index in [0.29, 0.717) is 24.3 Å². The Labute approximate surface area is 212 Å². The van der Waals surface area contributed by atoms with Gasteiger partial charge in [-0.3, -0.25) is 4.79 Å². The first kappa shape index (κ1) is 24.3. The van der Waals surface area contributed by atoms with Crippen LogP contribution >= 0.6 is 0 Å². The van der Waals surface area contributed by atoms with E-state index in [-0.39, 0.29) is 29.0 Å². The molecule has 6 fully saturated rings. The minimum atomic E-state index is -0.784. The Morgan fingerprint density at radius 2 is 1.97 bits per heavy atom. The topological polar surface area (TPSA) is 48.0 Å². The Balaban J connectivity index is 1.33. The van der Waals surface area contributed by atoms with Crippen molar-refractivity contribution in [2.24, 2.45) is 23.2 Å². The summed E-state index contributed by atoms with van der Waals surface area (Å²) in [6.45, 7) is 5.77. The normalized spacial score (nSPS) is 47.1. The maximum atomic E-state index is 13.7. The van der Waals surface area contributed by atoms with E-state index in [1.165, 1.54) is 38.5 Å². The van der Waals surface area contributed by atoms with Gasteiger partial charge in [0.1, 0.15) is 23.9 Å². The van der Waals surface area contributed by atoms with Crippen molar-refractivity contribution in [3.63, 3.8) is 0 Å². The number of hydrogen-bond acceptors (Lipinski definition) is 5. The van der Waals surface area contributed by atoms with Gasteiger partial charge in [0.2, 0.25) is 0 Å². The van der Waals surface area contributed by atoms with Crippen molar-refractivity contribution in [1.29, 1.82) is 0 Å². The average molecular weight is 484 g/mol. The molecule has 1 spiro atoms. The molecule has 0 N–H and O–H groups in total. The Hall–Kier alpha value is -1.09. The molecule has 2 saturated heterocycles. The molecule has 194 valence electrons. The van der Waals surface area contributed by atoms with E-state index in [1.54, 1.807) is 0 Å². The second kappa shape index (κ2) is 9.03. The molecule has 35 heavy (non-hydrogen) atoms. The summed E-state index contributed by atoms with van der Waals surface area (Å²) >= 11 is 0. The van der Waals surface area contributed by atoms with E-state index >= 15 is 0 Å². The first-order chi connectivity index (χ1) is 17.0. The van der Waals surface area contributed by atoms with Crippen LogP contribution in [0.25, 0.3) is 0 Å². The molecule has 5 heteroatoms. The van der Waals surface area contributed by atoms with Crippen molar-refractivity contribution in [2.45, 2.75) is 127 Å². The second-order valence-electron chi connectivity index (χ2n) is 12.7. The summed E-state index contributed by atoms with van der Waals surface area (Å²) in [4.78, 5) is 16.3. The minimum Gasteiger partial charge on any atom is -0.441 e. The van der Waals surface area contributed by atoms with Crippen molar-refractivity contribution in [3.8, 4) is 12.0 Å². The zero-order valence-electron chi connectivity index (χ0n) is 22.2. The van der Waals surface area contributed by atoms with Crippen LogP contribution in [0.3, 0.4) is 0 Å². The van der Waals surface area contributed by atoms with Crippen LogP contribution in [-0.4, -0.2) is 60.3 Å². The van der Waals surface area contributed by atoms with E-state index < -0.39 is 5.60 Å². The molecular weight excluding hydrogens is 438 g/mol. The van der Waals surface area contributed by atoms with Crippen molar-refractivity contribution >= 4 is 5.78 Å². The number of likely N-dealkylation sites (tertiary alicyclic amines) is 1. The van der Waals surface area contributed by atoms with Gasteiger partial charge in [-0.1, -0.05) is 38.0 Å². The summed E-state index contributed by atoms with van der Waals surface area (Å²) in [6.07, 6.45) is 17.8. The standard InChI is InChI=1S/C30H45NO4/c1-4-18-33-23-13-12-22-20-24-30(34-19-8-11-21-9-6-5-7-10-21)15-14-25(32)28(2)29(30,16-17-31(24)3)26(22)27(23)35-28/h21-24,26-27H,5-17,19-20H2,1-3H3/t22?,23?,24?,26?,27?,28-,29-,30+/m0/s1. The molecule has 8 atom stereocenters. The lowest BCUT2D eigenvalue weighted by atomic mass is 9.40. The number of ether oxygens (including phenoxy) is 3. The van der Waals surface area contributed by atoms with Crippen molar-refractivity contribution < 1.29 is 19.0 Å². The van der Waals surface area contributed by atoms with Crippen LogP contribution in [-0.2, 0) is 19.0 Å². The van der Waals surface area contributed by atoms with Gasteiger partial charge in [0.15, 0.2) is 5.78 Å². The molecule has 5 nitrogen and oxygen atoms in total. The fraction of sp³-hybridized carbons (Fsp3) is 0.900. The van der Waals surface area contributed by atoms with Crippen LogP contribution in [0.4, 0.5) is 0 Å². The predicted octanol–water partition coefficient (Wildman–Crippen LogP) is 5.11. The fourth-order valence-corrected chi connectivity index (χ4v) is 10.0. The molecule has 2 heterocycles. The highest BCUT2D eigenvalue weighted by Crippen LogP contribution is 2.73. The maximum absolute atomic E-state index is 13.7. The fourth-order valence-electron chi connectivity index (χ4n) is 10.0. The maximum Gasteiger partial charge on any atom is 0.165 e. The molecule has 4 aliphatic carbocycles. The molecule has 0 aromatic heterocycles. The molecule has 5 unspecified atom stereocenters. The van der Waals surface area contributed by atoms with Crippen LogP contribution in [0.1, 0.15) is 97.3 Å². The lowest BCUT2D eigenvalue weighted by molar-refractivity contribution is -0.284. The van der Waals surface area contributed by atoms with E-state index in [0.717, 1.165) is 57.6 Å². The molecular formula is C30H45NO4. The predicted molar refractivity (Wildman–Crippen MR) is 135 cm³/mol. The van der Waals surface area contributed by atoms with Gasteiger partial charge < -0.3 is 19.1 Å². The highest BCUT2D eigenvalue weighted by atomic mass is 16.6. The Morgan fingerprint density at radius 1 is 1.14 bits per heavy atom. The number of Topliss-reactive ketones (excluding diaryl/α,β-unsaturated/α-hetero) is 1. The lowest BCUT2D eigenvalue weighted by Crippen LogP contribution is -2.80. The Bertz CT molecular complexity index is 889. The van der Waals surface area contributed by atoms with Gasteiger partial charge in [0, 0.05) is 37.3 Å². The van der Waals surface area contributed by atoms with Gasteiger partial charge in [-0.15, -0.1) is 0 Å². The molecule has 0 aromatic carbocycles. The number of piperidine rings is 1. The summed E-state index contributed by atoms with van der Waals surface area (Å²) in [5, 5.41) is 0. The summed E-state index contributed by atoms with van der Waals surface area (Å²) in [6, 6.07) is 0.370. The van der Waals surface area contributed by atoms with E-state index in [4.69, 9.17) is 14.2 Å². The number of likely N-dealkylation sites (N-methyl/N-ethyl adjacent to an activating group) is 1. The van der Waals surface area contributed by atoms with Crippen LogP contribution in [0.5, 0.6) is 0 Å². The third-order valence-corrected chi connectivity index (χ3v) is 11.5. The summed E-state index contributed by atoms with van der Waals surface area (Å²) in [5.41, 5.74) is -1.34. The Kier molecular flexibility index (Phi) is 6.26. The molecule has 0 radical (unpaired) electrons. The molecule has 0 aromatic rings. The van der Waals surface area contributed by atoms with Crippen molar-refractivity contribution in [1.82, 2.24) is 4.90 Å². The van der Waals surface area contributed by atoms with Crippen molar-refractivity contribution in [2.75, 3.05) is 20.2 Å². The number of hydrogen-bond donors (Lipinski definition) is 0. The first-order valence-electron chi connectivity index (χ1n) is 14.6. The smallest absolute Gasteiger partial charge is 0.165 e. The van der Waals surface area contributed by atoms with Gasteiger partial charge >= 0.3 is 0 Å². The quantitative estimate of drug-likeness (QED) is 0.388. The van der Waals surface area contributed by atoms with Crippen LogP contribution in [0, 0.1) is 35.2 Å². The van der Waals surface area contributed by atoms with E-state index in [1.807, 2.05) is 6.92 Å². The molecule has 6 aliphatic rings. The number of carbonyl (C=O) groups excluding carboxylic acids is 1. The molecule has 0 amide bonds. The highest BCUT2D eigenvalue weighted by molar-refractivity contribution is 5.90. The van der Waals surface area contributed by atoms with Gasteiger partial charge in [-0.05, 0) is 77.3 Å². The second-order valence-corrected chi connectivity index (χ2v) is 12.7. The SMILES string of the molecule is CC#COC1CCC2CC3N(C)CC[C@]45C2C1O[C@@]4(C)C(=O)CC[C@@]35OCCCC1CCCCC1. The number of carbonyl (C=O) groups is 1. The third-order valence-electron chi connectivity index (χ3n) is 11.5. The van der Waals surface area contributed by atoms with Gasteiger partial charge in [-0.2, -0.15) is 0 Å². The number of rotatable bonds is 6. The zero-order chi connectivity index (χ0) is 24.3. The van der Waals surface area contributed by atoms with Crippen LogP contribution < -0.4 is 0 Å².